The summed E-state index contributed by atoms with van der Waals surface area (Å²) in [5.41, 5.74) is 0. The van der Waals surface area contributed by atoms with Crippen molar-refractivity contribution in [1.82, 2.24) is 10.1 Å². The van der Waals surface area contributed by atoms with Crippen LogP contribution in [0.2, 0.25) is 0 Å². The zero-order valence-corrected chi connectivity index (χ0v) is 8.45. The van der Waals surface area contributed by atoms with Crippen LogP contribution in [-0.2, 0) is 22.6 Å². The van der Waals surface area contributed by atoms with Gasteiger partial charge in [0.05, 0.1) is 6.42 Å². The number of ether oxygens (including phenoxy) is 1. The number of ketones is 1. The molecule has 0 aliphatic carbocycles. The van der Waals surface area contributed by atoms with Crippen LogP contribution in [0.15, 0.2) is 4.52 Å². The normalized spacial score (nSPS) is 10.4. The molecule has 0 radical (unpaired) electrons. The molecule has 1 aromatic rings. The first-order valence-electron chi connectivity index (χ1n) is 4.61. The minimum atomic E-state index is 0.00896. The smallest absolute Gasteiger partial charge is 0.234 e. The van der Waals surface area contributed by atoms with Gasteiger partial charge in [0.1, 0.15) is 12.4 Å². The highest BCUT2D eigenvalue weighted by atomic mass is 16.5. The van der Waals surface area contributed by atoms with Crippen molar-refractivity contribution in [1.29, 1.82) is 0 Å². The van der Waals surface area contributed by atoms with E-state index in [1.165, 1.54) is 6.92 Å². The van der Waals surface area contributed by atoms with Gasteiger partial charge < -0.3 is 9.26 Å². The van der Waals surface area contributed by atoms with Gasteiger partial charge in [-0.15, -0.1) is 0 Å². The topological polar surface area (TPSA) is 65.2 Å². The summed E-state index contributed by atoms with van der Waals surface area (Å²) in [5, 5.41) is 3.68. The van der Waals surface area contributed by atoms with Crippen molar-refractivity contribution >= 4 is 5.78 Å². The van der Waals surface area contributed by atoms with E-state index in [1.54, 1.807) is 0 Å². The van der Waals surface area contributed by atoms with Gasteiger partial charge in [-0.1, -0.05) is 12.1 Å². The van der Waals surface area contributed by atoms with Crippen molar-refractivity contribution < 1.29 is 14.1 Å². The zero-order chi connectivity index (χ0) is 10.4. The van der Waals surface area contributed by atoms with E-state index < -0.39 is 0 Å². The Morgan fingerprint density at radius 1 is 1.57 bits per heavy atom. The second-order valence-corrected chi connectivity index (χ2v) is 3.04. The van der Waals surface area contributed by atoms with Gasteiger partial charge in [0.2, 0.25) is 5.89 Å². The lowest BCUT2D eigenvalue weighted by Gasteiger charge is -1.95. The highest BCUT2D eigenvalue weighted by Crippen LogP contribution is 2.00. The van der Waals surface area contributed by atoms with Crippen molar-refractivity contribution in [3.05, 3.63) is 11.7 Å². The molecule has 0 fully saturated rings. The molecule has 0 saturated heterocycles. The standard InChI is InChI=1S/C9H14N2O3/c1-3-4-13-6-8-10-9(14-11-8)5-7(2)12/h3-6H2,1-2H3. The Bertz CT molecular complexity index is 296. The fraction of sp³-hybridized carbons (Fsp3) is 0.667. The number of nitrogens with zero attached hydrogens (tertiary/aromatic N) is 2. The second-order valence-electron chi connectivity index (χ2n) is 3.04. The molecule has 14 heavy (non-hydrogen) atoms. The number of hydrogen-bond acceptors (Lipinski definition) is 5. The van der Waals surface area contributed by atoms with Crippen LogP contribution in [0.25, 0.3) is 0 Å². The summed E-state index contributed by atoms with van der Waals surface area (Å²) in [7, 11) is 0. The molecule has 5 heteroatoms. The van der Waals surface area contributed by atoms with Gasteiger partial charge in [0, 0.05) is 6.61 Å². The Balaban J connectivity index is 2.38. The number of Topliss-reactive ketones (excluding diaryl/α,β-unsaturated/α-hetero) is 1. The lowest BCUT2D eigenvalue weighted by molar-refractivity contribution is -0.116. The lowest BCUT2D eigenvalue weighted by atomic mass is 10.3. The Hall–Kier alpha value is -1.23. The van der Waals surface area contributed by atoms with Crippen LogP contribution in [0.4, 0.5) is 0 Å². The number of rotatable bonds is 6. The van der Waals surface area contributed by atoms with E-state index in [-0.39, 0.29) is 12.2 Å². The van der Waals surface area contributed by atoms with Crippen molar-refractivity contribution in [2.75, 3.05) is 6.61 Å². The van der Waals surface area contributed by atoms with Crippen molar-refractivity contribution in [3.63, 3.8) is 0 Å². The van der Waals surface area contributed by atoms with Crippen LogP contribution in [0.1, 0.15) is 32.0 Å². The Kier molecular flexibility index (Phi) is 4.25. The third-order valence-electron chi connectivity index (χ3n) is 1.49. The van der Waals surface area contributed by atoms with Gasteiger partial charge >= 0.3 is 0 Å². The lowest BCUT2D eigenvalue weighted by Crippen LogP contribution is -1.98. The zero-order valence-electron chi connectivity index (χ0n) is 8.45. The predicted octanol–water partition coefficient (Wildman–Crippen LogP) is 1.13. The quantitative estimate of drug-likeness (QED) is 0.641. The van der Waals surface area contributed by atoms with Gasteiger partial charge in [-0.05, 0) is 13.3 Å². The van der Waals surface area contributed by atoms with E-state index >= 15 is 0 Å². The van der Waals surface area contributed by atoms with Crippen LogP contribution in [0.5, 0.6) is 0 Å². The van der Waals surface area contributed by atoms with Crippen molar-refractivity contribution in [2.45, 2.75) is 33.3 Å². The van der Waals surface area contributed by atoms with Gasteiger partial charge in [0.25, 0.3) is 0 Å². The van der Waals surface area contributed by atoms with E-state index in [4.69, 9.17) is 9.26 Å². The van der Waals surface area contributed by atoms with Gasteiger partial charge in [-0.2, -0.15) is 4.98 Å². The molecule has 1 rings (SSSR count). The van der Waals surface area contributed by atoms with E-state index in [9.17, 15) is 4.79 Å². The average Bonchev–Trinajstić information content (AvgIpc) is 2.52. The first kappa shape index (κ1) is 10.8. The summed E-state index contributed by atoms with van der Waals surface area (Å²) in [6.45, 7) is 4.53. The summed E-state index contributed by atoms with van der Waals surface area (Å²) >= 11 is 0. The maximum atomic E-state index is 10.7. The maximum absolute atomic E-state index is 10.7. The van der Waals surface area contributed by atoms with Crippen molar-refractivity contribution in [3.8, 4) is 0 Å². The number of carbonyl (C=O) groups is 1. The maximum Gasteiger partial charge on any atom is 0.234 e. The van der Waals surface area contributed by atoms with E-state index in [2.05, 4.69) is 10.1 Å². The predicted molar refractivity (Wildman–Crippen MR) is 48.6 cm³/mol. The SMILES string of the molecule is CCCOCc1noc(CC(C)=O)n1. The van der Waals surface area contributed by atoms with Gasteiger partial charge in [-0.25, -0.2) is 0 Å². The molecule has 0 bridgehead atoms. The number of hydrogen-bond donors (Lipinski definition) is 0. The summed E-state index contributed by atoms with van der Waals surface area (Å²) in [6.07, 6.45) is 1.15. The summed E-state index contributed by atoms with van der Waals surface area (Å²) in [4.78, 5) is 14.7. The van der Waals surface area contributed by atoms with Crippen LogP contribution in [-0.4, -0.2) is 22.5 Å². The molecule has 5 nitrogen and oxygen atoms in total. The molecule has 1 aromatic heterocycles. The molecule has 0 aliphatic heterocycles. The molecule has 0 amide bonds. The van der Waals surface area contributed by atoms with E-state index in [0.29, 0.717) is 24.9 Å². The molecule has 0 atom stereocenters. The monoisotopic (exact) mass is 198 g/mol. The summed E-state index contributed by atoms with van der Waals surface area (Å²) in [6, 6.07) is 0. The highest BCUT2D eigenvalue weighted by molar-refractivity contribution is 5.77. The number of carbonyl (C=O) groups excluding carboxylic acids is 1. The molecule has 0 aromatic carbocycles. The second kappa shape index (κ2) is 5.49. The number of aromatic nitrogens is 2. The first-order chi connectivity index (χ1) is 6.72. The third-order valence-corrected chi connectivity index (χ3v) is 1.49. The third kappa shape index (κ3) is 3.66. The van der Waals surface area contributed by atoms with Crippen LogP contribution in [0.3, 0.4) is 0 Å². The molecule has 0 spiro atoms. The van der Waals surface area contributed by atoms with Crippen molar-refractivity contribution in [2.24, 2.45) is 0 Å². The molecular weight excluding hydrogens is 184 g/mol. The minimum Gasteiger partial charge on any atom is -0.373 e. The fourth-order valence-electron chi connectivity index (χ4n) is 0.941. The molecule has 1 heterocycles. The minimum absolute atomic E-state index is 0.00896. The Labute approximate surface area is 82.4 Å². The van der Waals surface area contributed by atoms with Crippen LogP contribution in [0, 0.1) is 0 Å². The molecule has 78 valence electrons. The molecule has 0 N–H and O–H groups in total. The first-order valence-corrected chi connectivity index (χ1v) is 4.61. The molecule has 0 saturated carbocycles. The van der Waals surface area contributed by atoms with E-state index in [1.807, 2.05) is 6.92 Å². The largest absolute Gasteiger partial charge is 0.373 e. The Morgan fingerprint density at radius 3 is 3.00 bits per heavy atom. The van der Waals surface area contributed by atoms with Gasteiger partial charge in [-0.3, -0.25) is 4.79 Å². The fourth-order valence-corrected chi connectivity index (χ4v) is 0.941. The molecular formula is C9H14N2O3. The molecule has 0 unspecified atom stereocenters. The summed E-state index contributed by atoms with van der Waals surface area (Å²) < 4.78 is 10.1. The van der Waals surface area contributed by atoms with E-state index in [0.717, 1.165) is 6.42 Å². The van der Waals surface area contributed by atoms with Crippen LogP contribution < -0.4 is 0 Å². The van der Waals surface area contributed by atoms with Gasteiger partial charge in [0.15, 0.2) is 5.82 Å². The Morgan fingerprint density at radius 2 is 2.36 bits per heavy atom. The summed E-state index contributed by atoms with van der Waals surface area (Å²) in [5.74, 6) is 0.858. The highest BCUT2D eigenvalue weighted by Gasteiger charge is 2.07. The molecule has 0 aliphatic rings. The van der Waals surface area contributed by atoms with Crippen LogP contribution >= 0.6 is 0 Å². The average molecular weight is 198 g/mol.